The molecule has 0 amide bonds. The van der Waals surface area contributed by atoms with Crippen molar-refractivity contribution in [2.24, 2.45) is 0 Å². The molecule has 0 N–H and O–H groups in total. The van der Waals surface area contributed by atoms with Crippen LogP contribution in [0, 0.1) is 13.8 Å². The van der Waals surface area contributed by atoms with Crippen LogP contribution in [0.5, 0.6) is 0 Å². The van der Waals surface area contributed by atoms with Crippen molar-refractivity contribution in [3.63, 3.8) is 0 Å². The van der Waals surface area contributed by atoms with Gasteiger partial charge < -0.3 is 4.52 Å². The lowest BCUT2D eigenvalue weighted by Gasteiger charge is -2.32. The Morgan fingerprint density at radius 2 is 2.12 bits per heavy atom. The summed E-state index contributed by atoms with van der Waals surface area (Å²) in [6.45, 7) is 5.01. The van der Waals surface area contributed by atoms with Gasteiger partial charge in [-0.05, 0) is 52.1 Å². The van der Waals surface area contributed by atoms with E-state index in [9.17, 15) is 4.79 Å². The van der Waals surface area contributed by atoms with E-state index in [1.165, 1.54) is 4.68 Å². The van der Waals surface area contributed by atoms with E-state index in [1.54, 1.807) is 0 Å². The van der Waals surface area contributed by atoms with Crippen molar-refractivity contribution in [1.29, 1.82) is 0 Å². The SMILES string of the molecule is Cc1cc(C)n(C(=O)CN2CCCCC2c2nc(C3CC3)no2)n1. The zero-order chi connectivity index (χ0) is 16.7. The largest absolute Gasteiger partial charge is 0.338 e. The third kappa shape index (κ3) is 3.00. The number of carbonyl (C=O) groups excluding carboxylic acids is 1. The molecule has 0 bridgehead atoms. The van der Waals surface area contributed by atoms with Gasteiger partial charge in [-0.2, -0.15) is 10.1 Å². The Bertz CT molecular complexity index is 746. The molecule has 1 saturated carbocycles. The van der Waals surface area contributed by atoms with Gasteiger partial charge in [-0.1, -0.05) is 11.6 Å². The number of aromatic nitrogens is 4. The normalized spacial score (nSPS) is 22.0. The van der Waals surface area contributed by atoms with Crippen molar-refractivity contribution in [3.05, 3.63) is 29.2 Å². The van der Waals surface area contributed by atoms with Crippen LogP contribution in [0.15, 0.2) is 10.6 Å². The summed E-state index contributed by atoms with van der Waals surface area (Å²) in [5, 5.41) is 8.43. The summed E-state index contributed by atoms with van der Waals surface area (Å²) >= 11 is 0. The molecule has 0 spiro atoms. The summed E-state index contributed by atoms with van der Waals surface area (Å²) in [5.41, 5.74) is 1.74. The lowest BCUT2D eigenvalue weighted by Crippen LogP contribution is -2.39. The van der Waals surface area contributed by atoms with Gasteiger partial charge in [0.1, 0.15) is 0 Å². The van der Waals surface area contributed by atoms with Crippen LogP contribution in [0.2, 0.25) is 0 Å². The summed E-state index contributed by atoms with van der Waals surface area (Å²) < 4.78 is 7.02. The summed E-state index contributed by atoms with van der Waals surface area (Å²) in [7, 11) is 0. The summed E-state index contributed by atoms with van der Waals surface area (Å²) in [4.78, 5) is 19.4. The Morgan fingerprint density at radius 1 is 1.29 bits per heavy atom. The van der Waals surface area contributed by atoms with Gasteiger partial charge in [-0.15, -0.1) is 0 Å². The number of rotatable bonds is 4. The molecule has 1 saturated heterocycles. The highest BCUT2D eigenvalue weighted by Crippen LogP contribution is 2.39. The molecule has 0 aromatic carbocycles. The molecule has 128 valence electrons. The van der Waals surface area contributed by atoms with Crippen molar-refractivity contribution >= 4 is 5.91 Å². The van der Waals surface area contributed by atoms with Gasteiger partial charge in [0, 0.05) is 11.6 Å². The van der Waals surface area contributed by atoms with E-state index >= 15 is 0 Å². The molecular weight excluding hydrogens is 306 g/mol. The van der Waals surface area contributed by atoms with Crippen LogP contribution >= 0.6 is 0 Å². The molecule has 1 atom stereocenters. The lowest BCUT2D eigenvalue weighted by atomic mass is 10.0. The number of hydrogen-bond donors (Lipinski definition) is 0. The smallest absolute Gasteiger partial charge is 0.261 e. The van der Waals surface area contributed by atoms with E-state index in [-0.39, 0.29) is 11.9 Å². The number of nitrogens with zero attached hydrogens (tertiary/aromatic N) is 5. The fourth-order valence-corrected chi connectivity index (χ4v) is 3.47. The van der Waals surface area contributed by atoms with E-state index in [4.69, 9.17) is 4.52 Å². The summed E-state index contributed by atoms with van der Waals surface area (Å²) in [5.74, 6) is 1.98. The number of hydrogen-bond acceptors (Lipinski definition) is 6. The topological polar surface area (TPSA) is 77.0 Å². The molecule has 2 aliphatic rings. The van der Waals surface area contributed by atoms with Crippen LogP contribution in [-0.4, -0.2) is 43.8 Å². The third-order valence-corrected chi connectivity index (χ3v) is 4.88. The zero-order valence-corrected chi connectivity index (χ0v) is 14.2. The highest BCUT2D eigenvalue weighted by Gasteiger charge is 2.34. The number of aryl methyl sites for hydroxylation is 2. The van der Waals surface area contributed by atoms with E-state index in [1.807, 2.05) is 19.9 Å². The fourth-order valence-electron chi connectivity index (χ4n) is 3.47. The minimum absolute atomic E-state index is 0.00516. The molecule has 2 aromatic rings. The predicted octanol–water partition coefficient (Wildman–Crippen LogP) is 2.63. The quantitative estimate of drug-likeness (QED) is 0.858. The Kier molecular flexibility index (Phi) is 3.96. The number of likely N-dealkylation sites (tertiary alicyclic amines) is 1. The Hall–Kier alpha value is -2.02. The second kappa shape index (κ2) is 6.12. The number of piperidine rings is 1. The first kappa shape index (κ1) is 15.5. The minimum atomic E-state index is -0.00516. The minimum Gasteiger partial charge on any atom is -0.338 e. The van der Waals surface area contributed by atoms with E-state index in [0.29, 0.717) is 18.4 Å². The molecule has 24 heavy (non-hydrogen) atoms. The highest BCUT2D eigenvalue weighted by atomic mass is 16.5. The first-order chi connectivity index (χ1) is 11.6. The van der Waals surface area contributed by atoms with Gasteiger partial charge in [0.2, 0.25) is 5.89 Å². The maximum absolute atomic E-state index is 12.6. The van der Waals surface area contributed by atoms with Crippen molar-refractivity contribution in [2.45, 2.75) is 57.9 Å². The average molecular weight is 329 g/mol. The van der Waals surface area contributed by atoms with Gasteiger partial charge in [0.05, 0.1) is 18.3 Å². The summed E-state index contributed by atoms with van der Waals surface area (Å²) in [6, 6.07) is 1.96. The predicted molar refractivity (Wildman–Crippen MR) is 86.8 cm³/mol. The van der Waals surface area contributed by atoms with E-state index in [0.717, 1.165) is 55.9 Å². The van der Waals surface area contributed by atoms with Gasteiger partial charge in [0.15, 0.2) is 5.82 Å². The fraction of sp³-hybridized carbons (Fsp3) is 0.647. The second-order valence-electron chi connectivity index (χ2n) is 6.98. The van der Waals surface area contributed by atoms with Crippen LogP contribution in [0.4, 0.5) is 0 Å². The van der Waals surface area contributed by atoms with Crippen molar-refractivity contribution < 1.29 is 9.32 Å². The molecule has 3 heterocycles. The molecule has 4 rings (SSSR count). The van der Waals surface area contributed by atoms with Crippen LogP contribution in [0.3, 0.4) is 0 Å². The Balaban J connectivity index is 1.51. The average Bonchev–Trinajstić information content (AvgIpc) is 3.20. The standard InChI is InChI=1S/C17H23N5O2/c1-11-9-12(2)22(19-11)15(23)10-21-8-4-3-5-14(21)17-18-16(20-24-17)13-6-7-13/h9,13-14H,3-8,10H2,1-2H3. The monoisotopic (exact) mass is 329 g/mol. The molecule has 1 unspecified atom stereocenters. The van der Waals surface area contributed by atoms with Gasteiger partial charge >= 0.3 is 0 Å². The molecular formula is C17H23N5O2. The van der Waals surface area contributed by atoms with Crippen LogP contribution in [0.25, 0.3) is 0 Å². The third-order valence-electron chi connectivity index (χ3n) is 4.88. The van der Waals surface area contributed by atoms with E-state index < -0.39 is 0 Å². The molecule has 2 fully saturated rings. The molecule has 2 aromatic heterocycles. The Labute approximate surface area is 141 Å². The van der Waals surface area contributed by atoms with Crippen LogP contribution in [0.1, 0.15) is 72.0 Å². The van der Waals surface area contributed by atoms with Crippen molar-refractivity contribution in [3.8, 4) is 0 Å². The zero-order valence-electron chi connectivity index (χ0n) is 14.2. The Morgan fingerprint density at radius 3 is 2.83 bits per heavy atom. The van der Waals surface area contributed by atoms with Crippen molar-refractivity contribution in [1.82, 2.24) is 24.8 Å². The van der Waals surface area contributed by atoms with Gasteiger partial charge in [-0.3, -0.25) is 9.69 Å². The molecule has 1 aliphatic carbocycles. The number of carbonyl (C=O) groups is 1. The van der Waals surface area contributed by atoms with Gasteiger partial charge in [-0.25, -0.2) is 4.68 Å². The highest BCUT2D eigenvalue weighted by molar-refractivity contribution is 5.80. The first-order valence-electron chi connectivity index (χ1n) is 8.76. The van der Waals surface area contributed by atoms with E-state index in [2.05, 4.69) is 20.1 Å². The molecule has 0 radical (unpaired) electrons. The van der Waals surface area contributed by atoms with Crippen molar-refractivity contribution in [2.75, 3.05) is 13.1 Å². The molecule has 1 aliphatic heterocycles. The first-order valence-corrected chi connectivity index (χ1v) is 8.76. The maximum Gasteiger partial charge on any atom is 0.261 e. The lowest BCUT2D eigenvalue weighted by molar-refractivity contribution is 0.0700. The van der Waals surface area contributed by atoms with Crippen LogP contribution < -0.4 is 0 Å². The maximum atomic E-state index is 12.6. The summed E-state index contributed by atoms with van der Waals surface area (Å²) in [6.07, 6.45) is 5.48. The second-order valence-corrected chi connectivity index (χ2v) is 6.98. The molecule has 7 nitrogen and oxygen atoms in total. The van der Waals surface area contributed by atoms with Gasteiger partial charge in [0.25, 0.3) is 5.91 Å². The van der Waals surface area contributed by atoms with Crippen LogP contribution in [-0.2, 0) is 0 Å². The molecule has 7 heteroatoms.